The van der Waals surface area contributed by atoms with Crippen LogP contribution in [-0.4, -0.2) is 27.2 Å². The van der Waals surface area contributed by atoms with Gasteiger partial charge in [0.15, 0.2) is 5.16 Å². The molecule has 1 amide bonds. The van der Waals surface area contributed by atoms with Gasteiger partial charge in [-0.15, -0.1) is 0 Å². The molecule has 1 unspecified atom stereocenters. The summed E-state index contributed by atoms with van der Waals surface area (Å²) in [6, 6.07) is 7.39. The largest absolute Gasteiger partial charge is 0.373 e. The number of nitrogens with one attached hydrogen (secondary N) is 2. The maximum atomic E-state index is 12.6. The van der Waals surface area contributed by atoms with Crippen molar-refractivity contribution < 1.29 is 9.53 Å². The minimum absolute atomic E-state index is 0.0498. The molecule has 0 spiro atoms. The van der Waals surface area contributed by atoms with Crippen molar-refractivity contribution in [3.05, 3.63) is 51.4 Å². The van der Waals surface area contributed by atoms with Crippen LogP contribution in [0.3, 0.4) is 0 Å². The van der Waals surface area contributed by atoms with Crippen LogP contribution in [0.1, 0.15) is 44.5 Å². The molecule has 2 aromatic rings. The Hall–Kier alpha value is -2.12. The molecule has 2 rings (SSSR count). The van der Waals surface area contributed by atoms with Gasteiger partial charge in [0.2, 0.25) is 5.91 Å². The lowest BCUT2D eigenvalue weighted by Crippen LogP contribution is -2.24. The highest BCUT2D eigenvalue weighted by Gasteiger charge is 2.18. The molecule has 7 heteroatoms. The summed E-state index contributed by atoms with van der Waals surface area (Å²) in [5.74, 6) is -0.129. The Kier molecular flexibility index (Phi) is 7.62. The number of para-hydroxylation sites is 1. The minimum atomic E-state index is -0.418. The second kappa shape index (κ2) is 9.71. The van der Waals surface area contributed by atoms with E-state index in [4.69, 9.17) is 4.74 Å². The number of aryl methyl sites for hydroxylation is 2. The number of benzene rings is 1. The van der Waals surface area contributed by atoms with Gasteiger partial charge in [0.05, 0.1) is 23.7 Å². The topological polar surface area (TPSA) is 84.1 Å². The van der Waals surface area contributed by atoms with Gasteiger partial charge in [0.25, 0.3) is 5.56 Å². The van der Waals surface area contributed by atoms with Gasteiger partial charge in [0.1, 0.15) is 0 Å². The summed E-state index contributed by atoms with van der Waals surface area (Å²) in [5.41, 5.74) is 3.28. The SMILES string of the molecule is CCc1cccc(C)c1NC(=O)C(C)Sc1nc(COC(C)C)cc(=O)[nH]1. The van der Waals surface area contributed by atoms with E-state index < -0.39 is 5.25 Å². The molecule has 6 nitrogen and oxygen atoms in total. The number of rotatable bonds is 8. The lowest BCUT2D eigenvalue weighted by Gasteiger charge is -2.16. The second-order valence-electron chi connectivity index (χ2n) is 6.61. The Morgan fingerprint density at radius 3 is 2.74 bits per heavy atom. The molecule has 1 aromatic carbocycles. The van der Waals surface area contributed by atoms with Gasteiger partial charge >= 0.3 is 0 Å². The molecule has 0 fully saturated rings. The zero-order chi connectivity index (χ0) is 20.0. The Morgan fingerprint density at radius 1 is 1.33 bits per heavy atom. The van der Waals surface area contributed by atoms with Crippen LogP contribution in [-0.2, 0) is 22.6 Å². The predicted molar refractivity (Wildman–Crippen MR) is 109 cm³/mol. The van der Waals surface area contributed by atoms with Crippen molar-refractivity contribution in [1.29, 1.82) is 0 Å². The summed E-state index contributed by atoms with van der Waals surface area (Å²) in [4.78, 5) is 31.6. The van der Waals surface area contributed by atoms with E-state index in [0.717, 1.165) is 23.2 Å². The van der Waals surface area contributed by atoms with E-state index in [9.17, 15) is 9.59 Å². The quantitative estimate of drug-likeness (QED) is 0.531. The number of aromatic amines is 1. The summed E-state index contributed by atoms with van der Waals surface area (Å²) < 4.78 is 5.50. The van der Waals surface area contributed by atoms with Crippen LogP contribution in [0.5, 0.6) is 0 Å². The van der Waals surface area contributed by atoms with Gasteiger partial charge in [-0.05, 0) is 45.2 Å². The Morgan fingerprint density at radius 2 is 2.07 bits per heavy atom. The number of thioether (sulfide) groups is 1. The van der Waals surface area contributed by atoms with E-state index >= 15 is 0 Å². The fraction of sp³-hybridized carbons (Fsp3) is 0.450. The average Bonchev–Trinajstić information content (AvgIpc) is 2.61. The Labute approximate surface area is 164 Å². The van der Waals surface area contributed by atoms with E-state index in [2.05, 4.69) is 22.2 Å². The number of hydrogen-bond acceptors (Lipinski definition) is 5. The molecule has 0 aliphatic carbocycles. The first kappa shape index (κ1) is 21.2. The monoisotopic (exact) mass is 389 g/mol. The first-order valence-corrected chi connectivity index (χ1v) is 9.96. The highest BCUT2D eigenvalue weighted by Crippen LogP contribution is 2.24. The number of nitrogens with zero attached hydrogens (tertiary/aromatic N) is 1. The van der Waals surface area contributed by atoms with E-state index in [-0.39, 0.29) is 24.2 Å². The average molecular weight is 390 g/mol. The lowest BCUT2D eigenvalue weighted by atomic mass is 10.1. The molecule has 1 atom stereocenters. The van der Waals surface area contributed by atoms with Crippen molar-refractivity contribution in [1.82, 2.24) is 9.97 Å². The lowest BCUT2D eigenvalue weighted by molar-refractivity contribution is -0.115. The van der Waals surface area contributed by atoms with Gasteiger partial charge in [-0.1, -0.05) is 36.9 Å². The zero-order valence-electron chi connectivity index (χ0n) is 16.5. The molecule has 0 aliphatic rings. The zero-order valence-corrected chi connectivity index (χ0v) is 17.3. The highest BCUT2D eigenvalue weighted by atomic mass is 32.2. The van der Waals surface area contributed by atoms with Crippen molar-refractivity contribution in [2.24, 2.45) is 0 Å². The van der Waals surface area contributed by atoms with Crippen molar-refractivity contribution in [3.8, 4) is 0 Å². The molecule has 146 valence electrons. The number of amides is 1. The van der Waals surface area contributed by atoms with Crippen molar-refractivity contribution >= 4 is 23.4 Å². The van der Waals surface area contributed by atoms with Crippen LogP contribution < -0.4 is 10.9 Å². The molecule has 0 bridgehead atoms. The molecule has 1 aromatic heterocycles. The summed E-state index contributed by atoms with van der Waals surface area (Å²) in [6.45, 7) is 9.93. The third-order valence-corrected chi connectivity index (χ3v) is 4.97. The van der Waals surface area contributed by atoms with Gasteiger partial charge in [-0.2, -0.15) is 0 Å². The van der Waals surface area contributed by atoms with Gasteiger partial charge in [0, 0.05) is 11.8 Å². The Balaban J connectivity index is 2.09. The van der Waals surface area contributed by atoms with Gasteiger partial charge < -0.3 is 15.0 Å². The van der Waals surface area contributed by atoms with E-state index in [0.29, 0.717) is 10.9 Å². The molecule has 27 heavy (non-hydrogen) atoms. The van der Waals surface area contributed by atoms with E-state index in [1.54, 1.807) is 6.92 Å². The standard InChI is InChI=1S/C20H27N3O3S/c1-6-15-9-7-8-13(4)18(15)23-19(25)14(5)27-20-21-16(10-17(24)22-20)11-26-12(2)3/h7-10,12,14H,6,11H2,1-5H3,(H,23,25)(H,21,22,24). The maximum Gasteiger partial charge on any atom is 0.251 e. The molecule has 0 saturated carbocycles. The third kappa shape index (κ3) is 6.22. The number of hydrogen-bond donors (Lipinski definition) is 2. The van der Waals surface area contributed by atoms with Crippen LogP contribution in [0, 0.1) is 6.92 Å². The number of carbonyl (C=O) groups excluding carboxylic acids is 1. The summed E-state index contributed by atoms with van der Waals surface area (Å²) >= 11 is 1.22. The smallest absolute Gasteiger partial charge is 0.251 e. The number of H-pyrrole nitrogens is 1. The van der Waals surface area contributed by atoms with Crippen LogP contribution in [0.2, 0.25) is 0 Å². The van der Waals surface area contributed by atoms with Crippen molar-refractivity contribution in [2.45, 2.75) is 64.2 Å². The molecule has 0 saturated heterocycles. The van der Waals surface area contributed by atoms with Gasteiger partial charge in [-0.3, -0.25) is 9.59 Å². The van der Waals surface area contributed by atoms with Crippen molar-refractivity contribution in [2.75, 3.05) is 5.32 Å². The fourth-order valence-corrected chi connectivity index (χ4v) is 3.34. The number of carbonyl (C=O) groups is 1. The van der Waals surface area contributed by atoms with Gasteiger partial charge in [-0.25, -0.2) is 4.98 Å². The Bertz CT molecular complexity index is 849. The first-order valence-electron chi connectivity index (χ1n) is 9.08. The van der Waals surface area contributed by atoms with Crippen LogP contribution in [0.15, 0.2) is 34.2 Å². The number of aromatic nitrogens is 2. The third-order valence-electron chi connectivity index (χ3n) is 3.98. The summed E-state index contributed by atoms with van der Waals surface area (Å²) in [6.07, 6.45) is 0.889. The normalized spacial score (nSPS) is 12.2. The first-order chi connectivity index (χ1) is 12.8. The maximum absolute atomic E-state index is 12.6. The summed E-state index contributed by atoms with van der Waals surface area (Å²) in [7, 11) is 0. The highest BCUT2D eigenvalue weighted by molar-refractivity contribution is 8.00. The molecular weight excluding hydrogens is 362 g/mol. The molecular formula is C20H27N3O3S. The summed E-state index contributed by atoms with van der Waals surface area (Å²) in [5, 5.41) is 3.01. The van der Waals surface area contributed by atoms with E-state index in [1.165, 1.54) is 17.8 Å². The van der Waals surface area contributed by atoms with Crippen LogP contribution in [0.25, 0.3) is 0 Å². The van der Waals surface area contributed by atoms with Crippen LogP contribution >= 0.6 is 11.8 Å². The van der Waals surface area contributed by atoms with Crippen LogP contribution in [0.4, 0.5) is 5.69 Å². The molecule has 1 heterocycles. The molecule has 2 N–H and O–H groups in total. The number of ether oxygens (including phenoxy) is 1. The molecule has 0 radical (unpaired) electrons. The minimum Gasteiger partial charge on any atom is -0.373 e. The predicted octanol–water partition coefficient (Wildman–Crippen LogP) is 3.69. The second-order valence-corrected chi connectivity index (χ2v) is 7.94. The van der Waals surface area contributed by atoms with Crippen molar-refractivity contribution in [3.63, 3.8) is 0 Å². The van der Waals surface area contributed by atoms with E-state index in [1.807, 2.05) is 39.0 Å². The molecule has 0 aliphatic heterocycles. The fourth-order valence-electron chi connectivity index (χ4n) is 2.51. The number of anilines is 1.